The molecule has 0 bridgehead atoms. The maximum absolute atomic E-state index is 12.2. The number of amides is 3. The van der Waals surface area contributed by atoms with E-state index in [0.29, 0.717) is 11.6 Å². The second-order valence-corrected chi connectivity index (χ2v) is 7.81. The number of anilines is 1. The fraction of sp³-hybridized carbons (Fsp3) is 0.300. The fourth-order valence-corrected chi connectivity index (χ4v) is 3.36. The summed E-state index contributed by atoms with van der Waals surface area (Å²) in [7, 11) is 1.60. The van der Waals surface area contributed by atoms with Gasteiger partial charge in [-0.1, -0.05) is 29.8 Å². The van der Waals surface area contributed by atoms with Crippen molar-refractivity contribution < 1.29 is 9.59 Å². The number of urea groups is 1. The first kappa shape index (κ1) is 21.1. The molecule has 2 N–H and O–H groups in total. The number of carbonyl (C=O) groups excluding carboxylic acids is 2. The number of hydrogen-bond donors (Lipinski definition) is 2. The number of carbonyl (C=O) groups is 2. The molecule has 0 atom stereocenters. The number of hydrogen-bond acceptors (Lipinski definition) is 3. The minimum atomic E-state index is -0.275. The zero-order chi connectivity index (χ0) is 19.8. The first-order chi connectivity index (χ1) is 12.9. The van der Waals surface area contributed by atoms with Crippen LogP contribution in [-0.2, 0) is 4.79 Å². The van der Waals surface area contributed by atoms with E-state index in [1.165, 1.54) is 4.90 Å². The molecule has 2 aromatic rings. The summed E-state index contributed by atoms with van der Waals surface area (Å²) in [6.45, 7) is 4.38. The highest BCUT2D eigenvalue weighted by atomic mass is 35.5. The van der Waals surface area contributed by atoms with Crippen molar-refractivity contribution in [2.75, 3.05) is 31.2 Å². The molecule has 2 rings (SSSR count). The molecule has 0 spiro atoms. The minimum Gasteiger partial charge on any atom is -0.337 e. The number of likely N-dealkylation sites (N-methyl/N-ethyl adjacent to an activating group) is 1. The molecule has 144 valence electrons. The van der Waals surface area contributed by atoms with Gasteiger partial charge in [0.2, 0.25) is 5.91 Å². The number of nitrogens with zero attached hydrogens (tertiary/aromatic N) is 1. The van der Waals surface area contributed by atoms with Gasteiger partial charge in [0.1, 0.15) is 6.54 Å². The molecule has 0 aliphatic heterocycles. The van der Waals surface area contributed by atoms with Gasteiger partial charge in [-0.05, 0) is 49.2 Å². The van der Waals surface area contributed by atoms with Gasteiger partial charge in [0, 0.05) is 35.0 Å². The first-order valence-electron chi connectivity index (χ1n) is 8.60. The van der Waals surface area contributed by atoms with Crippen molar-refractivity contribution >= 4 is 41.0 Å². The van der Waals surface area contributed by atoms with E-state index in [4.69, 9.17) is 11.6 Å². The van der Waals surface area contributed by atoms with E-state index in [1.54, 1.807) is 18.8 Å². The van der Waals surface area contributed by atoms with Crippen molar-refractivity contribution in [1.29, 1.82) is 0 Å². The number of aryl methyl sites for hydroxylation is 2. The highest BCUT2D eigenvalue weighted by Gasteiger charge is 2.14. The number of para-hydroxylation sites is 1. The molecule has 27 heavy (non-hydrogen) atoms. The highest BCUT2D eigenvalue weighted by molar-refractivity contribution is 7.99. The normalized spacial score (nSPS) is 10.4. The van der Waals surface area contributed by atoms with Crippen LogP contribution in [0.1, 0.15) is 11.1 Å². The van der Waals surface area contributed by atoms with Gasteiger partial charge in [0.05, 0.1) is 0 Å². The lowest BCUT2D eigenvalue weighted by Gasteiger charge is -2.18. The van der Waals surface area contributed by atoms with Crippen LogP contribution in [0.2, 0.25) is 5.02 Å². The molecule has 0 aromatic heterocycles. The Hall–Kier alpha value is -2.18. The molecule has 0 aliphatic carbocycles. The van der Waals surface area contributed by atoms with E-state index in [9.17, 15) is 9.59 Å². The van der Waals surface area contributed by atoms with Gasteiger partial charge in [-0.15, -0.1) is 11.8 Å². The van der Waals surface area contributed by atoms with Gasteiger partial charge in [-0.3, -0.25) is 4.79 Å². The third kappa shape index (κ3) is 6.81. The van der Waals surface area contributed by atoms with Gasteiger partial charge in [-0.25, -0.2) is 4.79 Å². The van der Waals surface area contributed by atoms with Crippen LogP contribution >= 0.6 is 23.4 Å². The van der Waals surface area contributed by atoms with Gasteiger partial charge in [-0.2, -0.15) is 0 Å². The second-order valence-electron chi connectivity index (χ2n) is 6.21. The third-order valence-electron chi connectivity index (χ3n) is 3.93. The lowest BCUT2D eigenvalue weighted by atomic mass is 10.1. The third-order valence-corrected chi connectivity index (χ3v) is 5.20. The van der Waals surface area contributed by atoms with Crippen LogP contribution in [-0.4, -0.2) is 42.7 Å². The van der Waals surface area contributed by atoms with Crippen molar-refractivity contribution in [2.24, 2.45) is 0 Å². The zero-order valence-corrected chi connectivity index (χ0v) is 17.3. The smallest absolute Gasteiger partial charge is 0.317 e. The molecule has 3 amide bonds. The summed E-state index contributed by atoms with van der Waals surface area (Å²) in [4.78, 5) is 26.8. The molecule has 5 nitrogen and oxygen atoms in total. The topological polar surface area (TPSA) is 61.4 Å². The van der Waals surface area contributed by atoms with Crippen LogP contribution in [0.4, 0.5) is 10.5 Å². The van der Waals surface area contributed by atoms with Gasteiger partial charge >= 0.3 is 6.03 Å². The molecule has 0 aliphatic rings. The zero-order valence-electron chi connectivity index (χ0n) is 15.7. The predicted molar refractivity (Wildman–Crippen MR) is 113 cm³/mol. The van der Waals surface area contributed by atoms with Crippen LogP contribution < -0.4 is 10.6 Å². The lowest BCUT2D eigenvalue weighted by molar-refractivity contribution is -0.116. The van der Waals surface area contributed by atoms with Gasteiger partial charge < -0.3 is 15.5 Å². The summed E-state index contributed by atoms with van der Waals surface area (Å²) >= 11 is 7.49. The van der Waals surface area contributed by atoms with Crippen LogP contribution in [0.25, 0.3) is 0 Å². The van der Waals surface area contributed by atoms with E-state index in [1.807, 2.05) is 56.3 Å². The quantitative estimate of drug-likeness (QED) is 0.532. The van der Waals surface area contributed by atoms with Crippen LogP contribution in [0, 0.1) is 13.8 Å². The maximum Gasteiger partial charge on any atom is 0.317 e. The molecule has 2 aromatic carbocycles. The molecule has 0 radical (unpaired) electrons. The Balaban J connectivity index is 1.73. The standard InChI is InChI=1S/C20H24ClN3O2S/c1-14-5-4-6-15(2)19(14)23-18(25)13-24(3)20(26)22-11-12-27-17-9-7-16(21)8-10-17/h4-10H,11-13H2,1-3H3,(H,22,26)(H,23,25). The van der Waals surface area contributed by atoms with Crippen molar-refractivity contribution in [2.45, 2.75) is 18.7 Å². The Kier molecular flexibility index (Phi) is 8.00. The number of benzene rings is 2. The van der Waals surface area contributed by atoms with Gasteiger partial charge in [0.25, 0.3) is 0 Å². The molecule has 0 heterocycles. The molecule has 0 saturated carbocycles. The molecule has 0 saturated heterocycles. The molecule has 0 fully saturated rings. The van der Waals surface area contributed by atoms with E-state index in [0.717, 1.165) is 27.5 Å². The van der Waals surface area contributed by atoms with Crippen LogP contribution in [0.5, 0.6) is 0 Å². The van der Waals surface area contributed by atoms with E-state index in [2.05, 4.69) is 10.6 Å². The predicted octanol–water partition coefficient (Wildman–Crippen LogP) is 4.33. The maximum atomic E-state index is 12.2. The molecular weight excluding hydrogens is 382 g/mol. The minimum absolute atomic E-state index is 0.00999. The Morgan fingerprint density at radius 2 is 1.70 bits per heavy atom. The Morgan fingerprint density at radius 1 is 1.07 bits per heavy atom. The Bertz CT molecular complexity index is 776. The largest absolute Gasteiger partial charge is 0.337 e. The van der Waals surface area contributed by atoms with E-state index in [-0.39, 0.29) is 18.5 Å². The Labute approximate surface area is 169 Å². The number of nitrogens with one attached hydrogen (secondary N) is 2. The van der Waals surface area contributed by atoms with E-state index < -0.39 is 0 Å². The first-order valence-corrected chi connectivity index (χ1v) is 9.96. The summed E-state index contributed by atoms with van der Waals surface area (Å²) in [6.07, 6.45) is 0. The summed E-state index contributed by atoms with van der Waals surface area (Å²) < 4.78 is 0. The monoisotopic (exact) mass is 405 g/mol. The molecule has 7 heteroatoms. The van der Waals surface area contributed by atoms with Crippen molar-refractivity contribution in [3.8, 4) is 0 Å². The van der Waals surface area contributed by atoms with Crippen LogP contribution in [0.3, 0.4) is 0 Å². The summed E-state index contributed by atoms with van der Waals surface area (Å²) in [5, 5.41) is 6.40. The van der Waals surface area contributed by atoms with Crippen molar-refractivity contribution in [1.82, 2.24) is 10.2 Å². The lowest BCUT2D eigenvalue weighted by Crippen LogP contribution is -2.42. The average molecular weight is 406 g/mol. The fourth-order valence-electron chi connectivity index (χ4n) is 2.47. The Morgan fingerprint density at radius 3 is 2.33 bits per heavy atom. The van der Waals surface area contributed by atoms with Crippen molar-refractivity contribution in [3.63, 3.8) is 0 Å². The molecule has 0 unspecified atom stereocenters. The average Bonchev–Trinajstić information content (AvgIpc) is 2.63. The molecular formula is C20H24ClN3O2S. The number of thioether (sulfide) groups is 1. The van der Waals surface area contributed by atoms with Gasteiger partial charge in [0.15, 0.2) is 0 Å². The highest BCUT2D eigenvalue weighted by Crippen LogP contribution is 2.20. The second kappa shape index (κ2) is 10.2. The van der Waals surface area contributed by atoms with Crippen LogP contribution in [0.15, 0.2) is 47.4 Å². The number of halogens is 1. The van der Waals surface area contributed by atoms with E-state index >= 15 is 0 Å². The summed E-state index contributed by atoms with van der Waals surface area (Å²) in [6, 6.07) is 13.1. The summed E-state index contributed by atoms with van der Waals surface area (Å²) in [5.41, 5.74) is 2.79. The number of rotatable bonds is 7. The SMILES string of the molecule is Cc1cccc(C)c1NC(=O)CN(C)C(=O)NCCSc1ccc(Cl)cc1. The summed E-state index contributed by atoms with van der Waals surface area (Å²) in [5.74, 6) is 0.510. The van der Waals surface area contributed by atoms with Crippen molar-refractivity contribution in [3.05, 3.63) is 58.6 Å².